The van der Waals surface area contributed by atoms with E-state index >= 15 is 0 Å². The lowest BCUT2D eigenvalue weighted by atomic mass is 9.84. The van der Waals surface area contributed by atoms with Crippen molar-refractivity contribution in [3.8, 4) is 0 Å². The van der Waals surface area contributed by atoms with Crippen LogP contribution in [-0.4, -0.2) is 49.5 Å². The summed E-state index contributed by atoms with van der Waals surface area (Å²) in [7, 11) is 0. The molecule has 1 saturated heterocycles. The smallest absolute Gasteiger partial charge is 0.244 e. The number of halogens is 1. The van der Waals surface area contributed by atoms with Gasteiger partial charge in [-0.1, -0.05) is 43.6 Å². The van der Waals surface area contributed by atoms with E-state index in [2.05, 4.69) is 29.5 Å². The highest BCUT2D eigenvalue weighted by Crippen LogP contribution is 2.28. The molecule has 1 fully saturated rings. The summed E-state index contributed by atoms with van der Waals surface area (Å²) in [6.07, 6.45) is 2.19. The van der Waals surface area contributed by atoms with Gasteiger partial charge in [0.1, 0.15) is 6.54 Å². The van der Waals surface area contributed by atoms with Crippen LogP contribution in [0.3, 0.4) is 0 Å². The van der Waals surface area contributed by atoms with Gasteiger partial charge in [0.2, 0.25) is 5.91 Å². The van der Waals surface area contributed by atoms with E-state index in [4.69, 9.17) is 11.6 Å². The van der Waals surface area contributed by atoms with Crippen molar-refractivity contribution in [2.24, 2.45) is 4.99 Å². The van der Waals surface area contributed by atoms with Crippen molar-refractivity contribution in [3.63, 3.8) is 0 Å². The molecule has 6 heteroatoms. The largest absolute Gasteiger partial charge is 0.357 e. The fourth-order valence-electron chi connectivity index (χ4n) is 2.96. The van der Waals surface area contributed by atoms with Crippen molar-refractivity contribution in [2.45, 2.75) is 39.0 Å². The molecule has 1 aliphatic rings. The number of guanidine groups is 1. The van der Waals surface area contributed by atoms with Crippen LogP contribution in [0.1, 0.15) is 39.2 Å². The number of hydrogen-bond donors (Lipinski definition) is 2. The Kier molecular flexibility index (Phi) is 7.12. The molecule has 0 aliphatic carbocycles. The van der Waals surface area contributed by atoms with Gasteiger partial charge in [-0.15, -0.1) is 0 Å². The molecule has 0 unspecified atom stereocenters. The lowest BCUT2D eigenvalue weighted by Gasteiger charge is -2.27. The van der Waals surface area contributed by atoms with Crippen LogP contribution in [0.4, 0.5) is 0 Å². The number of rotatable bonds is 6. The average molecular weight is 365 g/mol. The summed E-state index contributed by atoms with van der Waals surface area (Å²) < 4.78 is 0. The number of nitrogens with one attached hydrogen (secondary N) is 2. The average Bonchev–Trinajstić information content (AvgIpc) is 3.12. The van der Waals surface area contributed by atoms with E-state index in [9.17, 15) is 4.79 Å². The standard InChI is InChI=1S/C19H29ClN4O/c1-4-21-18(22-13-17(25)24-11-7-8-12-24)23-14-19(2,3)15-9-5-6-10-16(15)20/h5-6,9-10H,4,7-8,11-14H2,1-3H3,(H2,21,22,23). The Hall–Kier alpha value is -1.75. The minimum Gasteiger partial charge on any atom is -0.357 e. The van der Waals surface area contributed by atoms with Gasteiger partial charge in [-0.05, 0) is 31.4 Å². The van der Waals surface area contributed by atoms with Crippen molar-refractivity contribution in [1.29, 1.82) is 0 Å². The molecule has 2 rings (SSSR count). The lowest BCUT2D eigenvalue weighted by Crippen LogP contribution is -2.44. The summed E-state index contributed by atoms with van der Waals surface area (Å²) in [5.41, 5.74) is 0.932. The molecular formula is C19H29ClN4O. The summed E-state index contributed by atoms with van der Waals surface area (Å²) in [6.45, 7) is 9.60. The summed E-state index contributed by atoms with van der Waals surface area (Å²) in [6, 6.07) is 7.89. The maximum Gasteiger partial charge on any atom is 0.244 e. The topological polar surface area (TPSA) is 56.7 Å². The highest BCUT2D eigenvalue weighted by Gasteiger charge is 2.23. The van der Waals surface area contributed by atoms with E-state index in [-0.39, 0.29) is 17.9 Å². The minimum atomic E-state index is -0.159. The van der Waals surface area contributed by atoms with Crippen LogP contribution in [0.2, 0.25) is 5.02 Å². The number of hydrogen-bond acceptors (Lipinski definition) is 2. The quantitative estimate of drug-likeness (QED) is 0.602. The monoisotopic (exact) mass is 364 g/mol. The van der Waals surface area contributed by atoms with Crippen molar-refractivity contribution in [2.75, 3.05) is 32.7 Å². The number of amides is 1. The number of aliphatic imine (C=N–C) groups is 1. The first-order valence-corrected chi connectivity index (χ1v) is 9.37. The highest BCUT2D eigenvalue weighted by molar-refractivity contribution is 6.31. The highest BCUT2D eigenvalue weighted by atomic mass is 35.5. The minimum absolute atomic E-state index is 0.0973. The second-order valence-electron chi connectivity index (χ2n) is 7.00. The van der Waals surface area contributed by atoms with Crippen molar-refractivity contribution >= 4 is 23.5 Å². The van der Waals surface area contributed by atoms with Crippen LogP contribution in [0.15, 0.2) is 29.3 Å². The van der Waals surface area contributed by atoms with Gasteiger partial charge in [0, 0.05) is 36.6 Å². The van der Waals surface area contributed by atoms with Gasteiger partial charge < -0.3 is 15.5 Å². The van der Waals surface area contributed by atoms with Gasteiger partial charge >= 0.3 is 0 Å². The molecule has 1 heterocycles. The number of nitrogens with zero attached hydrogens (tertiary/aromatic N) is 2. The summed E-state index contributed by atoms with van der Waals surface area (Å²) in [5.74, 6) is 0.759. The molecule has 0 atom stereocenters. The third kappa shape index (κ3) is 5.63. The Labute approximate surface area is 155 Å². The van der Waals surface area contributed by atoms with Gasteiger partial charge in [0.05, 0.1) is 0 Å². The van der Waals surface area contributed by atoms with Crippen LogP contribution in [0.5, 0.6) is 0 Å². The van der Waals surface area contributed by atoms with Crippen molar-refractivity contribution in [3.05, 3.63) is 34.9 Å². The molecule has 5 nitrogen and oxygen atoms in total. The maximum atomic E-state index is 12.2. The van der Waals surface area contributed by atoms with E-state index in [0.717, 1.165) is 43.1 Å². The zero-order valence-corrected chi connectivity index (χ0v) is 16.2. The third-order valence-electron chi connectivity index (χ3n) is 4.48. The molecule has 25 heavy (non-hydrogen) atoms. The number of benzene rings is 1. The molecular weight excluding hydrogens is 336 g/mol. The molecule has 2 N–H and O–H groups in total. The van der Waals surface area contributed by atoms with Crippen molar-refractivity contribution < 1.29 is 4.79 Å². The molecule has 0 aromatic heterocycles. The number of likely N-dealkylation sites (tertiary alicyclic amines) is 1. The first-order chi connectivity index (χ1) is 11.9. The SMILES string of the molecule is CCNC(=NCC(=O)N1CCCC1)NCC(C)(C)c1ccccc1Cl. The van der Waals surface area contributed by atoms with E-state index in [0.29, 0.717) is 12.5 Å². The Balaban J connectivity index is 1.97. The molecule has 1 aromatic carbocycles. The Morgan fingerprint density at radius 2 is 1.92 bits per heavy atom. The van der Waals surface area contributed by atoms with Crippen LogP contribution in [-0.2, 0) is 10.2 Å². The van der Waals surface area contributed by atoms with Gasteiger partial charge in [-0.2, -0.15) is 0 Å². The van der Waals surface area contributed by atoms with Crippen LogP contribution < -0.4 is 10.6 Å². The van der Waals surface area contributed by atoms with Gasteiger partial charge in [0.15, 0.2) is 5.96 Å². The van der Waals surface area contributed by atoms with Crippen LogP contribution in [0.25, 0.3) is 0 Å². The Morgan fingerprint density at radius 3 is 2.56 bits per heavy atom. The second-order valence-corrected chi connectivity index (χ2v) is 7.41. The van der Waals surface area contributed by atoms with Gasteiger partial charge in [-0.3, -0.25) is 4.79 Å². The molecule has 1 amide bonds. The van der Waals surface area contributed by atoms with E-state index in [1.807, 2.05) is 36.1 Å². The molecule has 0 radical (unpaired) electrons. The van der Waals surface area contributed by atoms with Gasteiger partial charge in [0.25, 0.3) is 0 Å². The number of carbonyl (C=O) groups excluding carboxylic acids is 1. The molecule has 0 bridgehead atoms. The van der Waals surface area contributed by atoms with Crippen LogP contribution in [0, 0.1) is 0 Å². The molecule has 0 saturated carbocycles. The molecule has 1 aliphatic heterocycles. The predicted octanol–water partition coefficient (Wildman–Crippen LogP) is 2.80. The summed E-state index contributed by atoms with van der Waals surface area (Å²) in [5, 5.41) is 7.31. The lowest BCUT2D eigenvalue weighted by molar-refractivity contribution is -0.128. The Bertz CT molecular complexity index is 609. The van der Waals surface area contributed by atoms with E-state index < -0.39 is 0 Å². The fourth-order valence-corrected chi connectivity index (χ4v) is 3.36. The number of carbonyl (C=O) groups is 1. The van der Waals surface area contributed by atoms with E-state index in [1.165, 1.54) is 0 Å². The first-order valence-electron chi connectivity index (χ1n) is 8.99. The zero-order chi connectivity index (χ0) is 18.3. The van der Waals surface area contributed by atoms with Crippen LogP contribution >= 0.6 is 11.6 Å². The summed E-state index contributed by atoms with van der Waals surface area (Å²) >= 11 is 6.34. The molecule has 0 spiro atoms. The third-order valence-corrected chi connectivity index (χ3v) is 4.81. The van der Waals surface area contributed by atoms with Crippen molar-refractivity contribution in [1.82, 2.24) is 15.5 Å². The molecule has 1 aromatic rings. The maximum absolute atomic E-state index is 12.2. The molecule has 138 valence electrons. The summed E-state index contributed by atoms with van der Waals surface area (Å²) in [4.78, 5) is 18.5. The fraction of sp³-hybridized carbons (Fsp3) is 0.579. The first kappa shape index (κ1) is 19.6. The Morgan fingerprint density at radius 1 is 1.24 bits per heavy atom. The van der Waals surface area contributed by atoms with E-state index in [1.54, 1.807) is 0 Å². The van der Waals surface area contributed by atoms with Gasteiger partial charge in [-0.25, -0.2) is 4.99 Å². The second kappa shape index (κ2) is 9.09. The predicted molar refractivity (Wildman–Crippen MR) is 104 cm³/mol. The normalized spacial score (nSPS) is 15.4. The zero-order valence-electron chi connectivity index (χ0n) is 15.4.